The predicted molar refractivity (Wildman–Crippen MR) is 71.5 cm³/mol. The van der Waals surface area contributed by atoms with Crippen LogP contribution in [0.15, 0.2) is 12.1 Å². The van der Waals surface area contributed by atoms with Crippen LogP contribution in [0.5, 0.6) is 0 Å². The first-order valence-electron chi connectivity index (χ1n) is 5.60. The number of rotatable bonds is 3. The molecule has 0 radical (unpaired) electrons. The Bertz CT molecular complexity index is 382. The van der Waals surface area contributed by atoms with Crippen molar-refractivity contribution in [2.24, 2.45) is 0 Å². The highest BCUT2D eigenvalue weighted by Crippen LogP contribution is 2.31. The zero-order chi connectivity index (χ0) is 11.6. The molecule has 4 heteroatoms. The van der Waals surface area contributed by atoms with Gasteiger partial charge in [-0.1, -0.05) is 28.8 Å². The Kier molecular flexibility index (Phi) is 3.70. The maximum Gasteiger partial charge on any atom is 0.261 e. The second kappa shape index (κ2) is 4.88. The molecule has 1 aliphatic rings. The maximum absolute atomic E-state index is 12.1. The molecule has 0 spiro atoms. The fraction of sp³-hybridized carbons (Fsp3) is 0.583. The van der Waals surface area contributed by atoms with Gasteiger partial charge in [-0.05, 0) is 31.9 Å². The smallest absolute Gasteiger partial charge is 0.261 e. The molecule has 1 aliphatic carbocycles. The van der Waals surface area contributed by atoms with E-state index in [0.717, 1.165) is 23.0 Å². The molecule has 0 atom stereocenters. The number of hydrogen-bond donors (Lipinski definition) is 1. The van der Waals surface area contributed by atoms with E-state index in [1.54, 1.807) is 11.3 Å². The summed E-state index contributed by atoms with van der Waals surface area (Å²) in [5.41, 5.74) is -0.00498. The number of aryl methyl sites for hydroxylation is 1. The van der Waals surface area contributed by atoms with Crippen LogP contribution in [-0.4, -0.2) is 16.8 Å². The van der Waals surface area contributed by atoms with Crippen molar-refractivity contribution in [1.29, 1.82) is 0 Å². The zero-order valence-corrected chi connectivity index (χ0v) is 11.8. The van der Waals surface area contributed by atoms with Crippen LogP contribution in [0.25, 0.3) is 0 Å². The molecule has 1 aromatic heterocycles. The highest BCUT2D eigenvalue weighted by Gasteiger charge is 2.34. The molecule has 0 aromatic carbocycles. The SMILES string of the molecule is Cc1ccc(C(=O)NC2(CBr)CCCC2)s1. The van der Waals surface area contributed by atoms with E-state index in [1.165, 1.54) is 17.7 Å². The number of alkyl halides is 1. The first-order chi connectivity index (χ1) is 7.65. The summed E-state index contributed by atoms with van der Waals surface area (Å²) in [6, 6.07) is 3.90. The molecular weight excluding hydrogens is 286 g/mol. The fourth-order valence-electron chi connectivity index (χ4n) is 2.20. The van der Waals surface area contributed by atoms with Gasteiger partial charge in [0.25, 0.3) is 5.91 Å². The Morgan fingerprint density at radius 1 is 1.50 bits per heavy atom. The van der Waals surface area contributed by atoms with Crippen molar-refractivity contribution in [3.05, 3.63) is 21.9 Å². The lowest BCUT2D eigenvalue weighted by molar-refractivity contribution is 0.0914. The summed E-state index contributed by atoms with van der Waals surface area (Å²) in [5, 5.41) is 4.05. The van der Waals surface area contributed by atoms with Gasteiger partial charge in [-0.3, -0.25) is 4.79 Å². The zero-order valence-electron chi connectivity index (χ0n) is 9.38. The monoisotopic (exact) mass is 301 g/mol. The number of thiophene rings is 1. The summed E-state index contributed by atoms with van der Waals surface area (Å²) < 4.78 is 0. The quantitative estimate of drug-likeness (QED) is 0.851. The van der Waals surface area contributed by atoms with E-state index in [-0.39, 0.29) is 11.4 Å². The van der Waals surface area contributed by atoms with Gasteiger partial charge in [0, 0.05) is 10.2 Å². The Morgan fingerprint density at radius 2 is 2.19 bits per heavy atom. The average Bonchev–Trinajstić information content (AvgIpc) is 2.88. The molecule has 1 aromatic rings. The van der Waals surface area contributed by atoms with Gasteiger partial charge in [0.05, 0.1) is 10.4 Å². The third-order valence-corrected chi connectivity index (χ3v) is 5.23. The molecule has 0 bridgehead atoms. The molecule has 0 saturated heterocycles. The van der Waals surface area contributed by atoms with E-state index < -0.39 is 0 Å². The summed E-state index contributed by atoms with van der Waals surface area (Å²) in [5.74, 6) is 0.0828. The van der Waals surface area contributed by atoms with Crippen LogP contribution in [0.2, 0.25) is 0 Å². The Hall–Kier alpha value is -0.350. The molecule has 2 nitrogen and oxygen atoms in total. The van der Waals surface area contributed by atoms with Gasteiger partial charge in [-0.25, -0.2) is 0 Å². The Morgan fingerprint density at radius 3 is 2.69 bits per heavy atom. The van der Waals surface area contributed by atoms with Crippen molar-refractivity contribution >= 4 is 33.2 Å². The molecule has 1 N–H and O–H groups in total. The molecule has 0 aliphatic heterocycles. The third kappa shape index (κ3) is 2.48. The van der Waals surface area contributed by atoms with Crippen LogP contribution in [-0.2, 0) is 0 Å². The van der Waals surface area contributed by atoms with Gasteiger partial charge in [0.1, 0.15) is 0 Å². The lowest BCUT2D eigenvalue weighted by atomic mass is 10.0. The summed E-state index contributed by atoms with van der Waals surface area (Å²) in [6.45, 7) is 2.03. The second-order valence-corrected chi connectivity index (χ2v) is 6.33. The van der Waals surface area contributed by atoms with E-state index >= 15 is 0 Å². The van der Waals surface area contributed by atoms with Crippen LogP contribution in [0.3, 0.4) is 0 Å². The topological polar surface area (TPSA) is 29.1 Å². The standard InChI is InChI=1S/C12H16BrNOS/c1-9-4-5-10(16-9)11(15)14-12(8-13)6-2-3-7-12/h4-5H,2-3,6-8H2,1H3,(H,14,15). The van der Waals surface area contributed by atoms with Crippen molar-refractivity contribution in [1.82, 2.24) is 5.32 Å². The number of carbonyl (C=O) groups excluding carboxylic acids is 1. The fourth-order valence-corrected chi connectivity index (χ4v) is 3.67. The van der Waals surface area contributed by atoms with Crippen LogP contribution < -0.4 is 5.32 Å². The van der Waals surface area contributed by atoms with Crippen LogP contribution in [0.1, 0.15) is 40.2 Å². The summed E-state index contributed by atoms with van der Waals surface area (Å²) in [4.78, 5) is 14.1. The largest absolute Gasteiger partial charge is 0.345 e. The molecule has 1 saturated carbocycles. The highest BCUT2D eigenvalue weighted by molar-refractivity contribution is 9.09. The minimum atomic E-state index is -0.00498. The van der Waals surface area contributed by atoms with E-state index in [9.17, 15) is 4.79 Å². The molecule has 2 rings (SSSR count). The average molecular weight is 302 g/mol. The molecule has 0 unspecified atom stereocenters. The number of halogens is 1. The van der Waals surface area contributed by atoms with Crippen molar-refractivity contribution in [2.45, 2.75) is 38.1 Å². The van der Waals surface area contributed by atoms with Crippen molar-refractivity contribution < 1.29 is 4.79 Å². The minimum Gasteiger partial charge on any atom is -0.345 e. The van der Waals surface area contributed by atoms with Gasteiger partial charge < -0.3 is 5.32 Å². The number of hydrogen-bond acceptors (Lipinski definition) is 2. The van der Waals surface area contributed by atoms with Crippen molar-refractivity contribution in [3.63, 3.8) is 0 Å². The van der Waals surface area contributed by atoms with Crippen molar-refractivity contribution in [2.75, 3.05) is 5.33 Å². The highest BCUT2D eigenvalue weighted by atomic mass is 79.9. The number of amides is 1. The maximum atomic E-state index is 12.1. The lowest BCUT2D eigenvalue weighted by Crippen LogP contribution is -2.47. The van der Waals surface area contributed by atoms with E-state index in [1.807, 2.05) is 19.1 Å². The first kappa shape index (κ1) is 12.1. The molecule has 88 valence electrons. The molecule has 16 heavy (non-hydrogen) atoms. The van der Waals surface area contributed by atoms with Gasteiger partial charge >= 0.3 is 0 Å². The van der Waals surface area contributed by atoms with E-state index in [4.69, 9.17) is 0 Å². The first-order valence-corrected chi connectivity index (χ1v) is 7.54. The Balaban J connectivity index is 2.06. The molecule has 1 amide bonds. The van der Waals surface area contributed by atoms with E-state index in [2.05, 4.69) is 21.2 Å². The van der Waals surface area contributed by atoms with Crippen molar-refractivity contribution in [3.8, 4) is 0 Å². The lowest BCUT2D eigenvalue weighted by Gasteiger charge is -2.27. The predicted octanol–water partition coefficient (Wildman–Crippen LogP) is 3.49. The molecular formula is C12H16BrNOS. The van der Waals surface area contributed by atoms with Gasteiger partial charge in [-0.2, -0.15) is 0 Å². The van der Waals surface area contributed by atoms with Gasteiger partial charge in [0.15, 0.2) is 0 Å². The molecule has 1 fully saturated rings. The normalized spacial score (nSPS) is 18.6. The number of carbonyl (C=O) groups is 1. The minimum absolute atomic E-state index is 0.00498. The summed E-state index contributed by atoms with van der Waals surface area (Å²) >= 11 is 5.09. The Labute approximate surface area is 109 Å². The second-order valence-electron chi connectivity index (χ2n) is 4.49. The van der Waals surface area contributed by atoms with Crippen LogP contribution in [0.4, 0.5) is 0 Å². The van der Waals surface area contributed by atoms with Gasteiger partial charge in [0.2, 0.25) is 0 Å². The van der Waals surface area contributed by atoms with Crippen LogP contribution >= 0.6 is 27.3 Å². The number of nitrogens with one attached hydrogen (secondary N) is 1. The summed E-state index contributed by atoms with van der Waals surface area (Å²) in [7, 11) is 0. The third-order valence-electron chi connectivity index (χ3n) is 3.16. The summed E-state index contributed by atoms with van der Waals surface area (Å²) in [6.07, 6.45) is 4.62. The van der Waals surface area contributed by atoms with E-state index in [0.29, 0.717) is 0 Å². The molecule has 1 heterocycles. The van der Waals surface area contributed by atoms with Crippen LogP contribution in [0, 0.1) is 6.92 Å². The van der Waals surface area contributed by atoms with Gasteiger partial charge in [-0.15, -0.1) is 11.3 Å².